The van der Waals surface area contributed by atoms with Gasteiger partial charge in [0.25, 0.3) is 0 Å². The highest BCUT2D eigenvalue weighted by Crippen LogP contribution is 2.57. The summed E-state index contributed by atoms with van der Waals surface area (Å²) in [6.45, 7) is 2.07. The van der Waals surface area contributed by atoms with Gasteiger partial charge in [-0.3, -0.25) is 4.79 Å². The van der Waals surface area contributed by atoms with Crippen LogP contribution in [0.2, 0.25) is 0 Å². The average Bonchev–Trinajstić information content (AvgIpc) is 3.04. The number of methoxy groups -OCH3 is 2. The van der Waals surface area contributed by atoms with Crippen molar-refractivity contribution in [1.82, 2.24) is 0 Å². The summed E-state index contributed by atoms with van der Waals surface area (Å²) in [5.74, 6) is 2.27. The Morgan fingerprint density at radius 2 is 1.64 bits per heavy atom. The van der Waals surface area contributed by atoms with E-state index < -0.39 is 5.60 Å². The van der Waals surface area contributed by atoms with Gasteiger partial charge in [-0.15, -0.1) is 0 Å². The molecule has 0 amide bonds. The average molecular weight is 378 g/mol. The minimum atomic E-state index is -1.02. The first-order valence-electron chi connectivity index (χ1n) is 9.25. The van der Waals surface area contributed by atoms with Crippen LogP contribution < -0.4 is 14.2 Å². The van der Waals surface area contributed by atoms with Crippen molar-refractivity contribution in [3.63, 3.8) is 0 Å². The van der Waals surface area contributed by atoms with Gasteiger partial charge in [0.1, 0.15) is 23.0 Å². The number of benzene rings is 2. The van der Waals surface area contributed by atoms with Crippen molar-refractivity contribution in [1.29, 1.82) is 0 Å². The monoisotopic (exact) mass is 378 g/mol. The number of carbonyl (C=O) groups excluding carboxylic acids is 1. The second-order valence-corrected chi connectivity index (χ2v) is 6.69. The summed E-state index contributed by atoms with van der Waals surface area (Å²) in [5, 5.41) is 0. The molecule has 5 nitrogen and oxygen atoms in total. The highest BCUT2D eigenvalue weighted by atomic mass is 16.6. The molecule has 0 atom stereocenters. The lowest BCUT2D eigenvalue weighted by molar-refractivity contribution is -0.146. The van der Waals surface area contributed by atoms with Gasteiger partial charge >= 0.3 is 5.97 Å². The first kappa shape index (κ1) is 18.2. The molecule has 0 saturated carbocycles. The summed E-state index contributed by atoms with van der Waals surface area (Å²) in [6.07, 6.45) is 7.14. The molecule has 2 heterocycles. The molecule has 0 unspecified atom stereocenters. The van der Waals surface area contributed by atoms with Gasteiger partial charge in [-0.1, -0.05) is 25.2 Å². The molecule has 0 bridgehead atoms. The molecule has 2 aromatic carbocycles. The number of esters is 1. The smallest absolute Gasteiger partial charge is 0.311 e. The van der Waals surface area contributed by atoms with Gasteiger partial charge in [0, 0.05) is 23.3 Å². The lowest BCUT2D eigenvalue weighted by Crippen LogP contribution is -2.32. The third kappa shape index (κ3) is 2.74. The van der Waals surface area contributed by atoms with Crippen molar-refractivity contribution >= 4 is 5.97 Å². The number of rotatable bonds is 4. The summed E-state index contributed by atoms with van der Waals surface area (Å²) in [4.78, 5) is 12.4. The maximum Gasteiger partial charge on any atom is 0.311 e. The fourth-order valence-corrected chi connectivity index (χ4v) is 3.78. The number of fused-ring (bicyclic) bond motifs is 4. The molecule has 1 fully saturated rings. The Kier molecular flexibility index (Phi) is 4.59. The second kappa shape index (κ2) is 7.08. The van der Waals surface area contributed by atoms with E-state index in [1.807, 2.05) is 54.6 Å². The molecule has 2 aliphatic heterocycles. The van der Waals surface area contributed by atoms with Crippen molar-refractivity contribution in [2.75, 3.05) is 14.2 Å². The van der Waals surface area contributed by atoms with Crippen LogP contribution in [-0.2, 0) is 15.1 Å². The first-order valence-corrected chi connectivity index (χ1v) is 9.25. The van der Waals surface area contributed by atoms with E-state index in [1.165, 1.54) is 0 Å². The van der Waals surface area contributed by atoms with Gasteiger partial charge in [-0.2, -0.15) is 0 Å². The lowest BCUT2D eigenvalue weighted by atomic mass is 9.77. The van der Waals surface area contributed by atoms with Crippen LogP contribution in [0.3, 0.4) is 0 Å². The minimum Gasteiger partial charge on any atom is -0.497 e. The maximum absolute atomic E-state index is 12.4. The molecular weight excluding hydrogens is 356 g/mol. The number of allylic oxidation sites excluding steroid dienone is 3. The maximum atomic E-state index is 12.4. The highest BCUT2D eigenvalue weighted by molar-refractivity contribution is 5.82. The molecular formula is C23H22O5. The molecule has 4 rings (SSSR count). The van der Waals surface area contributed by atoms with Crippen LogP contribution in [-0.4, -0.2) is 20.2 Å². The van der Waals surface area contributed by atoms with E-state index in [2.05, 4.69) is 6.92 Å². The Labute approximate surface area is 164 Å². The zero-order valence-electron chi connectivity index (χ0n) is 16.2. The van der Waals surface area contributed by atoms with E-state index >= 15 is 0 Å². The predicted octanol–water partition coefficient (Wildman–Crippen LogP) is 4.89. The van der Waals surface area contributed by atoms with Crippen LogP contribution in [0.25, 0.3) is 0 Å². The van der Waals surface area contributed by atoms with Gasteiger partial charge in [0.05, 0.1) is 20.6 Å². The van der Waals surface area contributed by atoms with E-state index in [-0.39, 0.29) is 12.4 Å². The summed E-state index contributed by atoms with van der Waals surface area (Å²) < 4.78 is 22.9. The van der Waals surface area contributed by atoms with Crippen molar-refractivity contribution in [3.05, 3.63) is 71.3 Å². The molecule has 0 radical (unpaired) electrons. The first-order chi connectivity index (χ1) is 13.6. The summed E-state index contributed by atoms with van der Waals surface area (Å²) in [6, 6.07) is 11.1. The van der Waals surface area contributed by atoms with Crippen molar-refractivity contribution in [2.24, 2.45) is 0 Å². The Morgan fingerprint density at radius 3 is 2.18 bits per heavy atom. The fraction of sp³-hybridized carbons (Fsp3) is 0.261. The topological polar surface area (TPSA) is 54.0 Å². The zero-order valence-corrected chi connectivity index (χ0v) is 16.2. The molecule has 1 saturated heterocycles. The Bertz CT molecular complexity index is 933. The second-order valence-electron chi connectivity index (χ2n) is 6.69. The number of carbonyl (C=O) groups is 1. The molecule has 5 heteroatoms. The Morgan fingerprint density at radius 1 is 1.04 bits per heavy atom. The van der Waals surface area contributed by atoms with Crippen LogP contribution >= 0.6 is 0 Å². The standard InChI is InChI=1S/C23H22O5/c1-4-5-6-7-15-12-22(24)28-23(15)18-10-8-16(25-2)13-20(18)27-21-14-17(26-3)9-11-19(21)23/h5-11,13-14H,4,12H2,1-3H3/b6-5-,15-7+. The van der Waals surface area contributed by atoms with Crippen molar-refractivity contribution < 1.29 is 23.7 Å². The van der Waals surface area contributed by atoms with Gasteiger partial charge in [-0.05, 0) is 36.3 Å². The molecule has 2 aromatic rings. The van der Waals surface area contributed by atoms with Crippen LogP contribution in [0.4, 0.5) is 0 Å². The van der Waals surface area contributed by atoms with Gasteiger partial charge in [0.2, 0.25) is 0 Å². The molecule has 0 aliphatic carbocycles. The SMILES string of the molecule is CC/C=C\C=C1/CC(=O)OC12c1ccc(OC)cc1Oc1cc(OC)ccc12. The molecule has 28 heavy (non-hydrogen) atoms. The van der Waals surface area contributed by atoms with E-state index in [9.17, 15) is 4.79 Å². The number of hydrogen-bond acceptors (Lipinski definition) is 5. The quantitative estimate of drug-likeness (QED) is 0.709. The third-order valence-corrected chi connectivity index (χ3v) is 5.08. The van der Waals surface area contributed by atoms with Crippen LogP contribution in [0.5, 0.6) is 23.0 Å². The largest absolute Gasteiger partial charge is 0.497 e. The van der Waals surface area contributed by atoms with E-state index in [0.29, 0.717) is 23.0 Å². The normalized spacial score (nSPS) is 18.0. The third-order valence-electron chi connectivity index (χ3n) is 5.08. The predicted molar refractivity (Wildman–Crippen MR) is 105 cm³/mol. The molecule has 144 valence electrons. The summed E-state index contributed by atoms with van der Waals surface area (Å²) in [7, 11) is 3.21. The van der Waals surface area contributed by atoms with Gasteiger partial charge in [0.15, 0.2) is 5.60 Å². The van der Waals surface area contributed by atoms with Crippen LogP contribution in [0.15, 0.2) is 60.2 Å². The molecule has 1 spiro atoms. The summed E-state index contributed by atoms with van der Waals surface area (Å²) >= 11 is 0. The molecule has 2 aliphatic rings. The van der Waals surface area contributed by atoms with Gasteiger partial charge in [-0.25, -0.2) is 0 Å². The van der Waals surface area contributed by atoms with Crippen LogP contribution in [0.1, 0.15) is 30.9 Å². The van der Waals surface area contributed by atoms with E-state index in [1.54, 1.807) is 14.2 Å². The van der Waals surface area contributed by atoms with Crippen molar-refractivity contribution in [3.8, 4) is 23.0 Å². The van der Waals surface area contributed by atoms with Crippen molar-refractivity contribution in [2.45, 2.75) is 25.4 Å². The van der Waals surface area contributed by atoms with E-state index in [4.69, 9.17) is 18.9 Å². The highest BCUT2D eigenvalue weighted by Gasteiger charge is 2.53. The minimum absolute atomic E-state index is 0.227. The summed E-state index contributed by atoms with van der Waals surface area (Å²) in [5.41, 5.74) is 1.43. The molecule has 0 aromatic heterocycles. The van der Waals surface area contributed by atoms with Gasteiger partial charge < -0.3 is 18.9 Å². The Hall–Kier alpha value is -3.21. The Balaban J connectivity index is 1.99. The van der Waals surface area contributed by atoms with E-state index in [0.717, 1.165) is 23.1 Å². The lowest BCUT2D eigenvalue weighted by Gasteiger charge is -2.37. The number of hydrogen-bond donors (Lipinski definition) is 0. The molecule has 0 N–H and O–H groups in total. The number of ether oxygens (including phenoxy) is 4. The fourth-order valence-electron chi connectivity index (χ4n) is 3.78. The zero-order chi connectivity index (χ0) is 19.7. The van der Waals surface area contributed by atoms with Crippen LogP contribution in [0, 0.1) is 0 Å².